The highest BCUT2D eigenvalue weighted by Gasteiger charge is 2.37. The topological polar surface area (TPSA) is 49.6 Å². The Morgan fingerprint density at radius 3 is 2.27 bits per heavy atom. The Hall–Kier alpha value is -0.610. The Bertz CT molecular complexity index is 214. The molecule has 2 aliphatic rings. The molecule has 0 aromatic carbocycles. The maximum absolute atomic E-state index is 10.6. The lowest BCUT2D eigenvalue weighted by atomic mass is 9.68. The fourth-order valence-corrected chi connectivity index (χ4v) is 2.60. The monoisotopic (exact) mass is 211 g/mol. The summed E-state index contributed by atoms with van der Waals surface area (Å²) in [6, 6.07) is 0. The standard InChI is InChI=1S/C11H21N3O/c12-8-11(2-1-3-11)9-13-4-6-14(10-15)7-5-13/h10H,1-9,12H2. The molecule has 2 N–H and O–H groups in total. The lowest BCUT2D eigenvalue weighted by molar-refractivity contribution is -0.120. The molecule has 4 nitrogen and oxygen atoms in total. The second kappa shape index (κ2) is 4.49. The van der Waals surface area contributed by atoms with Gasteiger partial charge in [-0.3, -0.25) is 9.69 Å². The Labute approximate surface area is 91.4 Å². The van der Waals surface area contributed by atoms with Gasteiger partial charge in [0.1, 0.15) is 0 Å². The smallest absolute Gasteiger partial charge is 0.209 e. The average Bonchev–Trinajstić information content (AvgIpc) is 2.24. The van der Waals surface area contributed by atoms with Gasteiger partial charge >= 0.3 is 0 Å². The van der Waals surface area contributed by atoms with Crippen molar-refractivity contribution in [2.45, 2.75) is 19.3 Å². The molecule has 1 saturated heterocycles. The van der Waals surface area contributed by atoms with Crippen LogP contribution in [0.2, 0.25) is 0 Å². The fourth-order valence-electron chi connectivity index (χ4n) is 2.60. The predicted molar refractivity (Wildman–Crippen MR) is 59.4 cm³/mol. The van der Waals surface area contributed by atoms with Crippen LogP contribution in [0.25, 0.3) is 0 Å². The number of nitrogens with zero attached hydrogens (tertiary/aromatic N) is 2. The SMILES string of the molecule is NCC1(CN2CCN(C=O)CC2)CCC1. The molecule has 0 aromatic heterocycles. The molecule has 1 aliphatic heterocycles. The van der Waals surface area contributed by atoms with E-state index in [1.807, 2.05) is 4.90 Å². The predicted octanol–water partition coefficient (Wildman–Crippen LogP) is -0.111. The van der Waals surface area contributed by atoms with E-state index in [0.717, 1.165) is 45.7 Å². The van der Waals surface area contributed by atoms with E-state index >= 15 is 0 Å². The minimum atomic E-state index is 0.406. The molecular formula is C11H21N3O. The summed E-state index contributed by atoms with van der Waals surface area (Å²) < 4.78 is 0. The van der Waals surface area contributed by atoms with Crippen molar-refractivity contribution < 1.29 is 4.79 Å². The van der Waals surface area contributed by atoms with Crippen molar-refractivity contribution >= 4 is 6.41 Å². The summed E-state index contributed by atoms with van der Waals surface area (Å²) >= 11 is 0. The maximum Gasteiger partial charge on any atom is 0.209 e. The summed E-state index contributed by atoms with van der Waals surface area (Å²) in [5, 5.41) is 0. The van der Waals surface area contributed by atoms with Crippen LogP contribution in [0.1, 0.15) is 19.3 Å². The van der Waals surface area contributed by atoms with Crippen LogP contribution < -0.4 is 5.73 Å². The lowest BCUT2D eigenvalue weighted by Gasteiger charge is -2.46. The molecule has 15 heavy (non-hydrogen) atoms. The first-order valence-corrected chi connectivity index (χ1v) is 5.90. The lowest BCUT2D eigenvalue weighted by Crippen LogP contribution is -2.53. The Kier molecular flexibility index (Phi) is 3.26. The summed E-state index contributed by atoms with van der Waals surface area (Å²) in [6.45, 7) is 5.74. The van der Waals surface area contributed by atoms with Crippen LogP contribution >= 0.6 is 0 Å². The normalized spacial score (nSPS) is 26.1. The largest absolute Gasteiger partial charge is 0.343 e. The van der Waals surface area contributed by atoms with Crippen molar-refractivity contribution in [3.63, 3.8) is 0 Å². The highest BCUT2D eigenvalue weighted by atomic mass is 16.1. The van der Waals surface area contributed by atoms with Gasteiger partial charge in [0.25, 0.3) is 0 Å². The summed E-state index contributed by atoms with van der Waals surface area (Å²) in [4.78, 5) is 14.9. The minimum Gasteiger partial charge on any atom is -0.343 e. The van der Waals surface area contributed by atoms with Gasteiger partial charge in [0.15, 0.2) is 0 Å². The van der Waals surface area contributed by atoms with Gasteiger partial charge in [0.05, 0.1) is 0 Å². The number of rotatable bonds is 4. The van der Waals surface area contributed by atoms with Crippen LogP contribution in [0.3, 0.4) is 0 Å². The van der Waals surface area contributed by atoms with Gasteiger partial charge in [-0.15, -0.1) is 0 Å². The molecule has 1 amide bonds. The van der Waals surface area contributed by atoms with Gasteiger partial charge in [-0.1, -0.05) is 6.42 Å². The Morgan fingerprint density at radius 1 is 1.20 bits per heavy atom. The van der Waals surface area contributed by atoms with Crippen LogP contribution in [-0.2, 0) is 4.79 Å². The molecule has 1 aliphatic carbocycles. The van der Waals surface area contributed by atoms with E-state index in [2.05, 4.69) is 4.90 Å². The van der Waals surface area contributed by atoms with Crippen molar-refractivity contribution in [3.8, 4) is 0 Å². The zero-order valence-electron chi connectivity index (χ0n) is 9.32. The first-order chi connectivity index (χ1) is 7.28. The molecule has 4 heteroatoms. The third kappa shape index (κ3) is 2.32. The van der Waals surface area contributed by atoms with E-state index in [1.165, 1.54) is 19.3 Å². The number of hydrogen-bond acceptors (Lipinski definition) is 3. The molecule has 2 rings (SSSR count). The molecule has 1 saturated carbocycles. The maximum atomic E-state index is 10.6. The average molecular weight is 211 g/mol. The quantitative estimate of drug-likeness (QED) is 0.660. The molecule has 0 atom stereocenters. The van der Waals surface area contributed by atoms with E-state index in [0.29, 0.717) is 5.41 Å². The molecular weight excluding hydrogens is 190 g/mol. The van der Waals surface area contributed by atoms with Gasteiger partial charge < -0.3 is 10.6 Å². The van der Waals surface area contributed by atoms with E-state index in [4.69, 9.17) is 5.73 Å². The summed E-state index contributed by atoms with van der Waals surface area (Å²) in [5.41, 5.74) is 6.25. The fraction of sp³-hybridized carbons (Fsp3) is 0.909. The van der Waals surface area contributed by atoms with Gasteiger partial charge in [0.2, 0.25) is 6.41 Å². The van der Waals surface area contributed by atoms with E-state index in [-0.39, 0.29) is 0 Å². The Balaban J connectivity index is 1.78. The van der Waals surface area contributed by atoms with Gasteiger partial charge in [0, 0.05) is 32.7 Å². The number of carbonyl (C=O) groups is 1. The number of piperazine rings is 1. The second-order valence-corrected chi connectivity index (χ2v) is 4.98. The van der Waals surface area contributed by atoms with Crippen molar-refractivity contribution in [2.24, 2.45) is 11.1 Å². The molecule has 2 fully saturated rings. The number of carbonyl (C=O) groups excluding carboxylic acids is 1. The number of hydrogen-bond donors (Lipinski definition) is 1. The van der Waals surface area contributed by atoms with Crippen molar-refractivity contribution in [3.05, 3.63) is 0 Å². The number of amides is 1. The van der Waals surface area contributed by atoms with Crippen LogP contribution in [0.4, 0.5) is 0 Å². The van der Waals surface area contributed by atoms with Crippen molar-refractivity contribution in [2.75, 3.05) is 39.3 Å². The minimum absolute atomic E-state index is 0.406. The van der Waals surface area contributed by atoms with Gasteiger partial charge in [-0.2, -0.15) is 0 Å². The molecule has 0 aromatic rings. The molecule has 0 unspecified atom stereocenters. The van der Waals surface area contributed by atoms with E-state index in [1.54, 1.807) is 0 Å². The first kappa shape index (κ1) is 10.9. The van der Waals surface area contributed by atoms with Crippen LogP contribution in [0.5, 0.6) is 0 Å². The van der Waals surface area contributed by atoms with Crippen molar-refractivity contribution in [1.29, 1.82) is 0 Å². The summed E-state index contributed by atoms with van der Waals surface area (Å²) in [6.07, 6.45) is 4.87. The van der Waals surface area contributed by atoms with E-state index < -0.39 is 0 Å². The molecule has 86 valence electrons. The third-order valence-electron chi connectivity index (χ3n) is 3.96. The zero-order chi connectivity index (χ0) is 10.7. The Morgan fingerprint density at radius 2 is 1.87 bits per heavy atom. The zero-order valence-corrected chi connectivity index (χ0v) is 9.32. The second-order valence-electron chi connectivity index (χ2n) is 4.98. The van der Waals surface area contributed by atoms with Crippen LogP contribution in [-0.4, -0.2) is 55.5 Å². The first-order valence-electron chi connectivity index (χ1n) is 5.90. The molecule has 1 heterocycles. The van der Waals surface area contributed by atoms with Crippen LogP contribution in [0, 0.1) is 5.41 Å². The summed E-state index contributed by atoms with van der Waals surface area (Å²) in [5.74, 6) is 0. The molecule has 0 bridgehead atoms. The van der Waals surface area contributed by atoms with E-state index in [9.17, 15) is 4.79 Å². The number of nitrogens with two attached hydrogens (primary N) is 1. The molecule has 0 radical (unpaired) electrons. The van der Waals surface area contributed by atoms with Crippen LogP contribution in [0.15, 0.2) is 0 Å². The third-order valence-corrected chi connectivity index (χ3v) is 3.96. The highest BCUT2D eigenvalue weighted by molar-refractivity contribution is 5.47. The van der Waals surface area contributed by atoms with Gasteiger partial charge in [-0.25, -0.2) is 0 Å². The van der Waals surface area contributed by atoms with Crippen molar-refractivity contribution in [1.82, 2.24) is 9.80 Å². The summed E-state index contributed by atoms with van der Waals surface area (Å²) in [7, 11) is 0. The van der Waals surface area contributed by atoms with Gasteiger partial charge in [-0.05, 0) is 24.8 Å². The highest BCUT2D eigenvalue weighted by Crippen LogP contribution is 2.40. The molecule has 0 spiro atoms.